The highest BCUT2D eigenvalue weighted by Gasteiger charge is 2.08. The molecule has 0 aliphatic carbocycles. The average molecular weight is 343 g/mol. The van der Waals surface area contributed by atoms with E-state index in [9.17, 15) is 4.79 Å². The monoisotopic (exact) mass is 342 g/mol. The number of nitrogens with one attached hydrogen (secondary N) is 1. The molecule has 3 aromatic rings. The number of aryl methyl sites for hydroxylation is 1. The third kappa shape index (κ3) is 3.84. The van der Waals surface area contributed by atoms with E-state index in [2.05, 4.69) is 10.3 Å². The van der Waals surface area contributed by atoms with Crippen molar-refractivity contribution in [3.8, 4) is 0 Å². The van der Waals surface area contributed by atoms with Gasteiger partial charge in [-0.2, -0.15) is 0 Å². The molecule has 1 amide bonds. The van der Waals surface area contributed by atoms with E-state index >= 15 is 0 Å². The minimum atomic E-state index is -0.0618. The molecular weight excluding hydrogens is 328 g/mol. The van der Waals surface area contributed by atoms with E-state index in [1.54, 1.807) is 12.3 Å². The summed E-state index contributed by atoms with van der Waals surface area (Å²) in [5.74, 6) is 0.259. The lowest BCUT2D eigenvalue weighted by Gasteiger charge is -2.09. The smallest absolute Gasteiger partial charge is 0.234 e. The van der Waals surface area contributed by atoms with Gasteiger partial charge in [0.25, 0.3) is 0 Å². The van der Waals surface area contributed by atoms with Crippen LogP contribution in [-0.4, -0.2) is 16.6 Å². The van der Waals surface area contributed by atoms with Crippen LogP contribution in [-0.2, 0) is 4.79 Å². The zero-order chi connectivity index (χ0) is 16.2. The first-order valence-electron chi connectivity index (χ1n) is 7.16. The maximum absolute atomic E-state index is 12.2. The third-order valence-corrected chi connectivity index (χ3v) is 4.71. The van der Waals surface area contributed by atoms with Crippen LogP contribution in [0.25, 0.3) is 10.9 Å². The van der Waals surface area contributed by atoms with Crippen LogP contribution in [0.1, 0.15) is 5.56 Å². The van der Waals surface area contributed by atoms with E-state index < -0.39 is 0 Å². The zero-order valence-electron chi connectivity index (χ0n) is 12.5. The summed E-state index contributed by atoms with van der Waals surface area (Å²) in [6, 6.07) is 15.4. The number of benzene rings is 2. The molecule has 0 bridgehead atoms. The number of thioether (sulfide) groups is 1. The lowest BCUT2D eigenvalue weighted by Crippen LogP contribution is -2.14. The van der Waals surface area contributed by atoms with Gasteiger partial charge in [-0.25, -0.2) is 0 Å². The molecular formula is C18H15ClN2OS. The second-order valence-corrected chi connectivity index (χ2v) is 6.58. The highest BCUT2D eigenvalue weighted by atomic mass is 35.5. The van der Waals surface area contributed by atoms with Gasteiger partial charge in [-0.05, 0) is 36.8 Å². The fourth-order valence-electron chi connectivity index (χ4n) is 2.25. The Balaban J connectivity index is 1.70. The van der Waals surface area contributed by atoms with Gasteiger partial charge in [0, 0.05) is 27.2 Å². The molecule has 0 aliphatic heterocycles. The number of anilines is 1. The second-order valence-electron chi connectivity index (χ2n) is 5.13. The van der Waals surface area contributed by atoms with E-state index in [0.29, 0.717) is 10.8 Å². The third-order valence-electron chi connectivity index (χ3n) is 3.43. The number of hydrogen-bond acceptors (Lipinski definition) is 3. The molecule has 23 heavy (non-hydrogen) atoms. The number of nitrogens with zero attached hydrogens (tertiary/aromatic N) is 1. The predicted molar refractivity (Wildman–Crippen MR) is 97.3 cm³/mol. The van der Waals surface area contributed by atoms with Crippen molar-refractivity contribution in [3.05, 3.63) is 65.3 Å². The summed E-state index contributed by atoms with van der Waals surface area (Å²) in [4.78, 5) is 17.6. The summed E-state index contributed by atoms with van der Waals surface area (Å²) in [7, 11) is 0. The van der Waals surface area contributed by atoms with Crippen molar-refractivity contribution in [1.29, 1.82) is 0 Å². The molecule has 5 heteroatoms. The molecule has 0 spiro atoms. The lowest BCUT2D eigenvalue weighted by atomic mass is 10.2. The highest BCUT2D eigenvalue weighted by molar-refractivity contribution is 8.00. The van der Waals surface area contributed by atoms with Gasteiger partial charge < -0.3 is 5.32 Å². The number of amides is 1. The van der Waals surface area contributed by atoms with Crippen LogP contribution in [0, 0.1) is 6.92 Å². The van der Waals surface area contributed by atoms with Gasteiger partial charge in [0.15, 0.2) is 0 Å². The van der Waals surface area contributed by atoms with Gasteiger partial charge in [0.2, 0.25) is 5.91 Å². The average Bonchev–Trinajstić information content (AvgIpc) is 2.56. The molecule has 2 aromatic carbocycles. The Kier molecular flexibility index (Phi) is 4.84. The molecule has 3 rings (SSSR count). The number of rotatable bonds is 4. The summed E-state index contributed by atoms with van der Waals surface area (Å²) < 4.78 is 0. The molecule has 0 unspecified atom stereocenters. The van der Waals surface area contributed by atoms with Crippen molar-refractivity contribution in [2.75, 3.05) is 11.1 Å². The molecule has 116 valence electrons. The van der Waals surface area contributed by atoms with Crippen LogP contribution in [0.3, 0.4) is 0 Å². The molecule has 1 heterocycles. The van der Waals surface area contributed by atoms with Crippen molar-refractivity contribution in [2.45, 2.75) is 11.8 Å². The Morgan fingerprint density at radius 1 is 1.22 bits per heavy atom. The Hall–Kier alpha value is -2.04. The molecule has 0 saturated carbocycles. The minimum Gasteiger partial charge on any atom is -0.325 e. The number of aromatic nitrogens is 1. The van der Waals surface area contributed by atoms with Gasteiger partial charge in [-0.15, -0.1) is 11.8 Å². The second kappa shape index (κ2) is 7.02. The fraction of sp³-hybridized carbons (Fsp3) is 0.111. The molecule has 0 aliphatic rings. The van der Waals surface area contributed by atoms with Crippen LogP contribution in [0.2, 0.25) is 5.02 Å². The van der Waals surface area contributed by atoms with Crippen molar-refractivity contribution in [2.24, 2.45) is 0 Å². The van der Waals surface area contributed by atoms with Gasteiger partial charge >= 0.3 is 0 Å². The first kappa shape index (κ1) is 15.8. The van der Waals surface area contributed by atoms with Crippen molar-refractivity contribution < 1.29 is 4.79 Å². The molecule has 0 atom stereocenters. The molecule has 0 saturated heterocycles. The number of para-hydroxylation sites is 1. The summed E-state index contributed by atoms with van der Waals surface area (Å²) in [6.45, 7) is 1.94. The number of hydrogen-bond donors (Lipinski definition) is 1. The highest BCUT2D eigenvalue weighted by Crippen LogP contribution is 2.26. The molecule has 1 N–H and O–H groups in total. The van der Waals surface area contributed by atoms with E-state index in [4.69, 9.17) is 11.6 Å². The minimum absolute atomic E-state index is 0.0618. The van der Waals surface area contributed by atoms with E-state index in [-0.39, 0.29) is 5.91 Å². The maximum atomic E-state index is 12.2. The first-order valence-corrected chi connectivity index (χ1v) is 8.52. The molecule has 3 nitrogen and oxygen atoms in total. The largest absolute Gasteiger partial charge is 0.325 e. The zero-order valence-corrected chi connectivity index (χ0v) is 14.1. The van der Waals surface area contributed by atoms with Crippen LogP contribution in [0.4, 0.5) is 5.69 Å². The van der Waals surface area contributed by atoms with E-state index in [0.717, 1.165) is 27.0 Å². The quantitative estimate of drug-likeness (QED) is 0.684. The van der Waals surface area contributed by atoms with Crippen molar-refractivity contribution >= 4 is 45.9 Å². The number of carbonyl (C=O) groups excluding carboxylic acids is 1. The van der Waals surface area contributed by atoms with Gasteiger partial charge in [-0.3, -0.25) is 9.78 Å². The Labute approximate surface area is 144 Å². The molecule has 0 radical (unpaired) electrons. The first-order chi connectivity index (χ1) is 11.1. The lowest BCUT2D eigenvalue weighted by molar-refractivity contribution is -0.113. The van der Waals surface area contributed by atoms with Crippen LogP contribution in [0.15, 0.2) is 59.6 Å². The predicted octanol–water partition coefficient (Wildman–Crippen LogP) is 4.93. The normalized spacial score (nSPS) is 10.7. The Bertz CT molecular complexity index is 861. The van der Waals surface area contributed by atoms with E-state index in [1.165, 1.54) is 11.8 Å². The Morgan fingerprint density at radius 3 is 2.91 bits per heavy atom. The van der Waals surface area contributed by atoms with Gasteiger partial charge in [0.05, 0.1) is 11.3 Å². The number of halogens is 1. The summed E-state index contributed by atoms with van der Waals surface area (Å²) in [5, 5.41) is 4.59. The SMILES string of the molecule is Cc1ccc(Cl)cc1NC(=O)CSc1cccc2cccnc12. The summed E-state index contributed by atoms with van der Waals surface area (Å²) >= 11 is 7.45. The van der Waals surface area contributed by atoms with Crippen molar-refractivity contribution in [1.82, 2.24) is 4.98 Å². The van der Waals surface area contributed by atoms with Gasteiger partial charge in [0.1, 0.15) is 0 Å². The summed E-state index contributed by atoms with van der Waals surface area (Å²) in [5.41, 5.74) is 2.66. The topological polar surface area (TPSA) is 42.0 Å². The number of fused-ring (bicyclic) bond motifs is 1. The summed E-state index contributed by atoms with van der Waals surface area (Å²) in [6.07, 6.45) is 1.77. The molecule has 1 aromatic heterocycles. The number of pyridine rings is 1. The maximum Gasteiger partial charge on any atom is 0.234 e. The van der Waals surface area contributed by atoms with Crippen LogP contribution < -0.4 is 5.32 Å². The van der Waals surface area contributed by atoms with E-state index in [1.807, 2.05) is 49.4 Å². The van der Waals surface area contributed by atoms with Crippen molar-refractivity contribution in [3.63, 3.8) is 0 Å². The number of carbonyl (C=O) groups is 1. The standard InChI is InChI=1S/C18H15ClN2OS/c1-12-7-8-14(19)10-15(12)21-17(22)11-23-16-6-2-4-13-5-3-9-20-18(13)16/h2-10H,11H2,1H3,(H,21,22). The van der Waals surface area contributed by atoms with Crippen LogP contribution in [0.5, 0.6) is 0 Å². The fourth-order valence-corrected chi connectivity index (χ4v) is 3.26. The molecule has 0 fully saturated rings. The van der Waals surface area contributed by atoms with Crippen LogP contribution >= 0.6 is 23.4 Å². The Morgan fingerprint density at radius 2 is 2.04 bits per heavy atom. The van der Waals surface area contributed by atoms with Gasteiger partial charge in [-0.1, -0.05) is 35.9 Å².